The van der Waals surface area contributed by atoms with Crippen LogP contribution in [-0.2, 0) is 11.3 Å². The lowest BCUT2D eigenvalue weighted by atomic mass is 9.93. The van der Waals surface area contributed by atoms with E-state index in [4.69, 9.17) is 9.47 Å². The van der Waals surface area contributed by atoms with Gasteiger partial charge in [-0.3, -0.25) is 14.4 Å². The maximum Gasteiger partial charge on any atom is 0.286 e. The van der Waals surface area contributed by atoms with E-state index >= 15 is 0 Å². The first-order valence-electron chi connectivity index (χ1n) is 12.1. The number of nitrogens with zero attached hydrogens (tertiary/aromatic N) is 3. The summed E-state index contributed by atoms with van der Waals surface area (Å²) in [6, 6.07) is 13.1. The second-order valence-corrected chi connectivity index (χ2v) is 10.1. The average molecular weight is 522 g/mol. The number of piperidine rings is 1. The fourth-order valence-electron chi connectivity index (χ4n) is 4.37. The van der Waals surface area contributed by atoms with Crippen LogP contribution in [-0.4, -0.2) is 52.7 Å². The van der Waals surface area contributed by atoms with E-state index in [9.17, 15) is 14.4 Å². The zero-order chi connectivity index (χ0) is 25.8. The Balaban J connectivity index is 1.09. The number of benzene rings is 2. The third kappa shape index (κ3) is 5.88. The minimum absolute atomic E-state index is 0.0234. The van der Waals surface area contributed by atoms with Crippen molar-refractivity contribution in [3.05, 3.63) is 63.6 Å². The van der Waals surface area contributed by atoms with E-state index in [2.05, 4.69) is 20.8 Å². The Kier molecular flexibility index (Phi) is 7.31. The fourth-order valence-corrected chi connectivity index (χ4v) is 5.08. The molecule has 1 aromatic heterocycles. The van der Waals surface area contributed by atoms with Crippen LogP contribution >= 0.6 is 11.3 Å². The minimum atomic E-state index is -0.453. The summed E-state index contributed by atoms with van der Waals surface area (Å²) in [5, 5.41) is 13.9. The standard InChI is InChI=1S/C26H27N5O5S/c1-16-4-2-3-5-18(16)14-27-22(32)12-17-8-10-31(11-9-17)26(34)25-30-29-24(37-25)23(33)28-19-6-7-20-21(13-19)36-15-35-20/h2-7,13,17H,8-12,14-15H2,1H3,(H,27,32)(H,28,33). The zero-order valence-electron chi connectivity index (χ0n) is 20.4. The number of anilines is 1. The number of hydrogen-bond donors (Lipinski definition) is 2. The van der Waals surface area contributed by atoms with Crippen LogP contribution < -0.4 is 20.1 Å². The predicted molar refractivity (Wildman–Crippen MR) is 137 cm³/mol. The third-order valence-corrected chi connectivity index (χ3v) is 7.46. The number of likely N-dealkylation sites (tertiary alicyclic amines) is 1. The molecule has 2 aromatic carbocycles. The normalized spacial score (nSPS) is 14.9. The summed E-state index contributed by atoms with van der Waals surface area (Å²) < 4.78 is 10.6. The van der Waals surface area contributed by atoms with Crippen molar-refractivity contribution in [3.8, 4) is 11.5 Å². The van der Waals surface area contributed by atoms with Gasteiger partial charge in [0.2, 0.25) is 22.7 Å². The lowest BCUT2D eigenvalue weighted by Crippen LogP contribution is -2.39. The maximum absolute atomic E-state index is 12.9. The number of aromatic nitrogens is 2. The molecular weight excluding hydrogens is 494 g/mol. The van der Waals surface area contributed by atoms with Crippen LogP contribution in [0.15, 0.2) is 42.5 Å². The van der Waals surface area contributed by atoms with Gasteiger partial charge in [0.25, 0.3) is 11.8 Å². The Morgan fingerprint density at radius 2 is 1.78 bits per heavy atom. The molecular formula is C26H27N5O5S. The molecule has 2 aliphatic heterocycles. The van der Waals surface area contributed by atoms with Crippen LogP contribution in [0.2, 0.25) is 0 Å². The topological polar surface area (TPSA) is 123 Å². The van der Waals surface area contributed by atoms with Crippen molar-refractivity contribution in [2.45, 2.75) is 32.7 Å². The number of hydrogen-bond acceptors (Lipinski definition) is 8. The Labute approximate surface area is 218 Å². The van der Waals surface area contributed by atoms with Crippen molar-refractivity contribution in [3.63, 3.8) is 0 Å². The van der Waals surface area contributed by atoms with E-state index in [0.717, 1.165) is 35.3 Å². The first-order chi connectivity index (χ1) is 18.0. The molecule has 3 amide bonds. The number of carbonyl (C=O) groups excluding carboxylic acids is 3. The average Bonchev–Trinajstić information content (AvgIpc) is 3.58. The van der Waals surface area contributed by atoms with E-state index < -0.39 is 5.91 Å². The molecule has 0 bridgehead atoms. The Bertz CT molecular complexity index is 1320. The number of amides is 3. The highest BCUT2D eigenvalue weighted by atomic mass is 32.1. The molecule has 2 aliphatic rings. The number of rotatable bonds is 7. The van der Waals surface area contributed by atoms with Crippen LogP contribution in [0.1, 0.15) is 50.0 Å². The van der Waals surface area contributed by atoms with Gasteiger partial charge in [0.05, 0.1) is 0 Å². The third-order valence-electron chi connectivity index (χ3n) is 6.55. The van der Waals surface area contributed by atoms with Gasteiger partial charge in [-0.1, -0.05) is 35.6 Å². The first kappa shape index (κ1) is 24.7. The number of fused-ring (bicyclic) bond motifs is 1. The lowest BCUT2D eigenvalue weighted by molar-refractivity contribution is -0.122. The molecule has 1 saturated heterocycles. The van der Waals surface area contributed by atoms with Crippen molar-refractivity contribution in [2.24, 2.45) is 5.92 Å². The summed E-state index contributed by atoms with van der Waals surface area (Å²) in [4.78, 5) is 39.7. The Morgan fingerprint density at radius 1 is 1.03 bits per heavy atom. The van der Waals surface area contributed by atoms with Gasteiger partial charge in [0.15, 0.2) is 11.5 Å². The molecule has 0 atom stereocenters. The highest BCUT2D eigenvalue weighted by molar-refractivity contribution is 7.15. The molecule has 192 valence electrons. The molecule has 0 unspecified atom stereocenters. The van der Waals surface area contributed by atoms with Gasteiger partial charge < -0.3 is 25.0 Å². The second kappa shape index (κ2) is 11.0. The molecule has 37 heavy (non-hydrogen) atoms. The van der Waals surface area contributed by atoms with Gasteiger partial charge in [0.1, 0.15) is 0 Å². The van der Waals surface area contributed by atoms with Crippen molar-refractivity contribution in [1.29, 1.82) is 0 Å². The van der Waals surface area contributed by atoms with E-state index in [1.807, 2.05) is 31.2 Å². The van der Waals surface area contributed by atoms with Crippen LogP contribution in [0.5, 0.6) is 11.5 Å². The Hall–Kier alpha value is -3.99. The van der Waals surface area contributed by atoms with Crippen LogP contribution in [0, 0.1) is 12.8 Å². The number of aryl methyl sites for hydroxylation is 1. The van der Waals surface area contributed by atoms with Crippen molar-refractivity contribution in [1.82, 2.24) is 20.4 Å². The summed E-state index contributed by atoms with van der Waals surface area (Å²) in [5.41, 5.74) is 2.79. The smallest absolute Gasteiger partial charge is 0.286 e. The SMILES string of the molecule is Cc1ccccc1CNC(=O)CC1CCN(C(=O)c2nnc(C(=O)Nc3ccc4c(c3)OCO4)s2)CC1. The van der Waals surface area contributed by atoms with E-state index in [0.29, 0.717) is 43.2 Å². The van der Waals surface area contributed by atoms with Gasteiger partial charge in [-0.2, -0.15) is 0 Å². The quantitative estimate of drug-likeness (QED) is 0.489. The van der Waals surface area contributed by atoms with Gasteiger partial charge in [0, 0.05) is 37.8 Å². The summed E-state index contributed by atoms with van der Waals surface area (Å²) >= 11 is 0.959. The fraction of sp³-hybridized carbons (Fsp3) is 0.346. The molecule has 0 radical (unpaired) electrons. The largest absolute Gasteiger partial charge is 0.454 e. The molecule has 3 aromatic rings. The lowest BCUT2D eigenvalue weighted by Gasteiger charge is -2.31. The van der Waals surface area contributed by atoms with E-state index in [1.54, 1.807) is 23.1 Å². The first-order valence-corrected chi connectivity index (χ1v) is 12.9. The van der Waals surface area contributed by atoms with Gasteiger partial charge in [-0.05, 0) is 48.9 Å². The number of ether oxygens (including phenoxy) is 2. The second-order valence-electron chi connectivity index (χ2n) is 9.08. The summed E-state index contributed by atoms with van der Waals surface area (Å²) in [6.45, 7) is 3.76. The summed E-state index contributed by atoms with van der Waals surface area (Å²) in [6.07, 6.45) is 1.91. The molecule has 0 saturated carbocycles. The highest BCUT2D eigenvalue weighted by Crippen LogP contribution is 2.34. The summed E-state index contributed by atoms with van der Waals surface area (Å²) in [5.74, 6) is 0.716. The number of carbonyl (C=O) groups is 3. The Morgan fingerprint density at radius 3 is 2.59 bits per heavy atom. The molecule has 1 fully saturated rings. The van der Waals surface area contributed by atoms with Gasteiger partial charge >= 0.3 is 0 Å². The predicted octanol–water partition coefficient (Wildman–Crippen LogP) is 3.39. The molecule has 0 spiro atoms. The van der Waals surface area contributed by atoms with E-state index in [-0.39, 0.29) is 34.5 Å². The highest BCUT2D eigenvalue weighted by Gasteiger charge is 2.28. The molecule has 11 heteroatoms. The van der Waals surface area contributed by atoms with Crippen LogP contribution in [0.4, 0.5) is 5.69 Å². The zero-order valence-corrected chi connectivity index (χ0v) is 21.2. The van der Waals surface area contributed by atoms with Crippen molar-refractivity contribution in [2.75, 3.05) is 25.2 Å². The number of nitrogens with one attached hydrogen (secondary N) is 2. The van der Waals surface area contributed by atoms with Crippen molar-refractivity contribution >= 4 is 34.7 Å². The van der Waals surface area contributed by atoms with Crippen LogP contribution in [0.25, 0.3) is 0 Å². The van der Waals surface area contributed by atoms with Crippen LogP contribution in [0.3, 0.4) is 0 Å². The molecule has 3 heterocycles. The molecule has 10 nitrogen and oxygen atoms in total. The minimum Gasteiger partial charge on any atom is -0.454 e. The van der Waals surface area contributed by atoms with Gasteiger partial charge in [-0.25, -0.2) is 0 Å². The maximum atomic E-state index is 12.9. The van der Waals surface area contributed by atoms with Crippen molar-refractivity contribution < 1.29 is 23.9 Å². The monoisotopic (exact) mass is 521 g/mol. The molecule has 5 rings (SSSR count). The van der Waals surface area contributed by atoms with E-state index in [1.165, 1.54) is 0 Å². The molecule has 2 N–H and O–H groups in total. The molecule has 0 aliphatic carbocycles. The van der Waals surface area contributed by atoms with Gasteiger partial charge in [-0.15, -0.1) is 10.2 Å². The summed E-state index contributed by atoms with van der Waals surface area (Å²) in [7, 11) is 0.